The lowest BCUT2D eigenvalue weighted by Crippen LogP contribution is -2.47. The molecule has 105 valence electrons. The van der Waals surface area contributed by atoms with Crippen LogP contribution in [0.2, 0.25) is 0 Å². The summed E-state index contributed by atoms with van der Waals surface area (Å²) in [5.74, 6) is -0.488. The number of nitrogens with zero attached hydrogens (tertiary/aromatic N) is 1. The molecule has 1 aromatic carbocycles. The zero-order chi connectivity index (χ0) is 15.0. The number of urea groups is 1. The van der Waals surface area contributed by atoms with Crippen LogP contribution in [0.1, 0.15) is 12.5 Å². The van der Waals surface area contributed by atoms with E-state index in [-0.39, 0.29) is 0 Å². The molecule has 0 saturated heterocycles. The van der Waals surface area contributed by atoms with Crippen LogP contribution in [0.25, 0.3) is 6.08 Å². The zero-order valence-corrected chi connectivity index (χ0v) is 11.5. The molecule has 20 heavy (non-hydrogen) atoms. The normalized spacial score (nSPS) is 11.9. The summed E-state index contributed by atoms with van der Waals surface area (Å²) in [4.78, 5) is 35.5. The smallest absolute Gasteiger partial charge is 0.318 e. The minimum absolute atomic E-state index is 0.419. The van der Waals surface area contributed by atoms with Crippen LogP contribution < -0.4 is 5.32 Å². The van der Waals surface area contributed by atoms with Gasteiger partial charge >= 0.3 is 6.03 Å². The van der Waals surface area contributed by atoms with E-state index in [1.54, 1.807) is 19.3 Å². The molecule has 0 spiro atoms. The standard InChI is InChI=1S/C15H17N2O3/c1-3-16-15(20)17(2)13(11-18)14(19)10-9-12-7-5-4-6-8-12/h4-10,13H,3H2,1-2H3,(H,16,20). The number of likely N-dealkylation sites (N-methyl/N-ethyl adjacent to an activating group) is 1. The summed E-state index contributed by atoms with van der Waals surface area (Å²) in [6.07, 6.45) is 4.47. The summed E-state index contributed by atoms with van der Waals surface area (Å²) in [6, 6.07) is 7.49. The number of benzene rings is 1. The first-order valence-electron chi connectivity index (χ1n) is 6.25. The van der Waals surface area contributed by atoms with E-state index in [0.717, 1.165) is 10.5 Å². The summed E-state index contributed by atoms with van der Waals surface area (Å²) < 4.78 is 0. The molecular formula is C15H17N2O3. The van der Waals surface area contributed by atoms with E-state index < -0.39 is 17.9 Å². The second kappa shape index (κ2) is 7.89. The quantitative estimate of drug-likeness (QED) is 0.629. The molecule has 0 heterocycles. The van der Waals surface area contributed by atoms with Crippen molar-refractivity contribution >= 4 is 24.2 Å². The lowest BCUT2D eigenvalue weighted by molar-refractivity contribution is -0.116. The first kappa shape index (κ1) is 15.6. The highest BCUT2D eigenvalue weighted by atomic mass is 16.2. The first-order chi connectivity index (χ1) is 9.60. The van der Waals surface area contributed by atoms with Gasteiger partial charge in [-0.1, -0.05) is 36.4 Å². The highest BCUT2D eigenvalue weighted by molar-refractivity contribution is 6.08. The fourth-order valence-electron chi connectivity index (χ4n) is 1.55. The van der Waals surface area contributed by atoms with Crippen molar-refractivity contribution in [1.82, 2.24) is 10.2 Å². The minimum atomic E-state index is -1.23. The molecule has 0 aliphatic rings. The molecule has 0 aliphatic carbocycles. The maximum absolute atomic E-state index is 11.9. The van der Waals surface area contributed by atoms with Crippen LogP contribution in [0, 0.1) is 0 Å². The largest absolute Gasteiger partial charge is 0.338 e. The van der Waals surface area contributed by atoms with Crippen molar-refractivity contribution in [3.8, 4) is 0 Å². The molecule has 0 fully saturated rings. The third kappa shape index (κ3) is 4.35. The highest BCUT2D eigenvalue weighted by Crippen LogP contribution is 2.03. The Bertz CT molecular complexity index is 497. The highest BCUT2D eigenvalue weighted by Gasteiger charge is 2.25. The van der Waals surface area contributed by atoms with Gasteiger partial charge in [-0.05, 0) is 18.6 Å². The third-order valence-corrected chi connectivity index (χ3v) is 2.66. The van der Waals surface area contributed by atoms with Crippen LogP contribution in [-0.4, -0.2) is 42.6 Å². The predicted octanol–water partition coefficient (Wildman–Crippen LogP) is 1.41. The van der Waals surface area contributed by atoms with Gasteiger partial charge in [0.15, 0.2) is 11.8 Å². The Morgan fingerprint density at radius 1 is 1.35 bits per heavy atom. The van der Waals surface area contributed by atoms with Crippen molar-refractivity contribution in [2.45, 2.75) is 13.0 Å². The molecule has 0 aliphatic heterocycles. The molecule has 2 amide bonds. The Kier molecular flexibility index (Phi) is 6.16. The molecule has 1 radical (unpaired) electrons. The maximum Gasteiger partial charge on any atom is 0.318 e. The van der Waals surface area contributed by atoms with Crippen molar-refractivity contribution in [1.29, 1.82) is 0 Å². The van der Waals surface area contributed by atoms with Crippen molar-refractivity contribution in [2.24, 2.45) is 0 Å². The van der Waals surface area contributed by atoms with E-state index in [4.69, 9.17) is 0 Å². The Morgan fingerprint density at radius 3 is 2.55 bits per heavy atom. The number of hydrogen-bond donors (Lipinski definition) is 1. The summed E-state index contributed by atoms with van der Waals surface area (Å²) >= 11 is 0. The Hall–Kier alpha value is -2.43. The summed E-state index contributed by atoms with van der Waals surface area (Å²) in [5.41, 5.74) is 0.839. The van der Waals surface area contributed by atoms with E-state index in [2.05, 4.69) is 5.32 Å². The topological polar surface area (TPSA) is 66.5 Å². The van der Waals surface area contributed by atoms with Crippen LogP contribution >= 0.6 is 0 Å². The average Bonchev–Trinajstić information content (AvgIpc) is 2.47. The van der Waals surface area contributed by atoms with E-state index in [9.17, 15) is 14.4 Å². The van der Waals surface area contributed by atoms with Gasteiger partial charge < -0.3 is 10.2 Å². The number of carbonyl (C=O) groups excluding carboxylic acids is 3. The summed E-state index contributed by atoms with van der Waals surface area (Å²) in [7, 11) is 1.38. The molecule has 1 N–H and O–H groups in total. The molecule has 0 saturated carbocycles. The Labute approximate surface area is 118 Å². The van der Waals surface area contributed by atoms with Crippen LogP contribution in [-0.2, 0) is 9.59 Å². The van der Waals surface area contributed by atoms with Crippen LogP contribution in [0.5, 0.6) is 0 Å². The van der Waals surface area contributed by atoms with Gasteiger partial charge in [-0.15, -0.1) is 0 Å². The van der Waals surface area contributed by atoms with E-state index >= 15 is 0 Å². The number of nitrogens with one attached hydrogen (secondary N) is 1. The Balaban J connectivity index is 2.75. The Morgan fingerprint density at radius 2 is 2.00 bits per heavy atom. The molecule has 0 bridgehead atoms. The van der Waals surface area contributed by atoms with Crippen LogP contribution in [0.3, 0.4) is 0 Å². The lowest BCUT2D eigenvalue weighted by Gasteiger charge is -2.21. The van der Waals surface area contributed by atoms with Crippen LogP contribution in [0.15, 0.2) is 36.4 Å². The third-order valence-electron chi connectivity index (χ3n) is 2.66. The maximum atomic E-state index is 11.9. The zero-order valence-electron chi connectivity index (χ0n) is 11.5. The molecule has 1 aromatic rings. The van der Waals surface area contributed by atoms with Gasteiger partial charge in [0.05, 0.1) is 0 Å². The number of ketones is 1. The minimum Gasteiger partial charge on any atom is -0.338 e. The van der Waals surface area contributed by atoms with Gasteiger partial charge in [-0.3, -0.25) is 9.59 Å². The molecule has 1 unspecified atom stereocenters. The first-order valence-corrected chi connectivity index (χ1v) is 6.25. The predicted molar refractivity (Wildman–Crippen MR) is 76.8 cm³/mol. The van der Waals surface area contributed by atoms with E-state index in [0.29, 0.717) is 6.54 Å². The van der Waals surface area contributed by atoms with Crippen molar-refractivity contribution in [3.63, 3.8) is 0 Å². The average molecular weight is 273 g/mol. The van der Waals surface area contributed by atoms with E-state index in [1.807, 2.05) is 30.3 Å². The van der Waals surface area contributed by atoms with Crippen molar-refractivity contribution < 1.29 is 14.4 Å². The fourth-order valence-corrected chi connectivity index (χ4v) is 1.55. The number of rotatable bonds is 6. The molecule has 0 aromatic heterocycles. The summed E-state index contributed by atoms with van der Waals surface area (Å²) in [6.45, 7) is 2.17. The van der Waals surface area contributed by atoms with Gasteiger partial charge in [-0.25, -0.2) is 4.79 Å². The number of carbonyl (C=O) groups is 2. The van der Waals surface area contributed by atoms with Gasteiger partial charge in [0.2, 0.25) is 6.29 Å². The number of hydrogen-bond acceptors (Lipinski definition) is 3. The molecule has 5 nitrogen and oxygen atoms in total. The van der Waals surface area contributed by atoms with Gasteiger partial charge in [-0.2, -0.15) is 0 Å². The molecule has 1 atom stereocenters. The number of amides is 2. The fraction of sp³-hybridized carbons (Fsp3) is 0.267. The SMILES string of the molecule is CCNC(=O)N(C)C([C]=O)C(=O)C=Cc1ccccc1. The van der Waals surface area contributed by atoms with E-state index in [1.165, 1.54) is 13.1 Å². The van der Waals surface area contributed by atoms with Crippen molar-refractivity contribution in [2.75, 3.05) is 13.6 Å². The van der Waals surface area contributed by atoms with Gasteiger partial charge in [0, 0.05) is 13.6 Å². The second-order valence-corrected chi connectivity index (χ2v) is 4.11. The molecule has 1 rings (SSSR count). The second-order valence-electron chi connectivity index (χ2n) is 4.11. The van der Waals surface area contributed by atoms with Crippen LogP contribution in [0.4, 0.5) is 4.79 Å². The van der Waals surface area contributed by atoms with Gasteiger partial charge in [0.25, 0.3) is 0 Å². The lowest BCUT2D eigenvalue weighted by atomic mass is 10.1. The summed E-state index contributed by atoms with van der Waals surface area (Å²) in [5, 5.41) is 2.52. The molecular weight excluding hydrogens is 256 g/mol. The van der Waals surface area contributed by atoms with Gasteiger partial charge in [0.1, 0.15) is 0 Å². The van der Waals surface area contributed by atoms with Crippen molar-refractivity contribution in [3.05, 3.63) is 42.0 Å². The monoisotopic (exact) mass is 273 g/mol. The molecule has 5 heteroatoms.